The molecule has 6 nitrogen and oxygen atoms in total. The predicted octanol–water partition coefficient (Wildman–Crippen LogP) is 4.04. The summed E-state index contributed by atoms with van der Waals surface area (Å²) in [6, 6.07) is 7.62. The van der Waals surface area contributed by atoms with Gasteiger partial charge in [0.15, 0.2) is 5.65 Å². The van der Waals surface area contributed by atoms with Crippen LogP contribution in [0.1, 0.15) is 35.2 Å². The molecule has 0 aliphatic carbocycles. The van der Waals surface area contributed by atoms with Gasteiger partial charge in [0.1, 0.15) is 5.52 Å². The van der Waals surface area contributed by atoms with Gasteiger partial charge in [-0.1, -0.05) is 29.3 Å². The maximum absolute atomic E-state index is 12.6. The number of benzene rings is 1. The van der Waals surface area contributed by atoms with Crippen LogP contribution in [0.2, 0.25) is 5.02 Å². The molecule has 1 fully saturated rings. The first-order valence-electron chi connectivity index (χ1n) is 9.70. The highest BCUT2D eigenvalue weighted by atomic mass is 35.5. The fraction of sp³-hybridized carbons (Fsp3) is 0.381. The number of imidazole rings is 1. The molecule has 2 aromatic heterocycles. The molecule has 3 heterocycles. The number of aromatic nitrogens is 3. The first-order chi connectivity index (χ1) is 13.6. The zero-order valence-electron chi connectivity index (χ0n) is 15.9. The summed E-state index contributed by atoms with van der Waals surface area (Å²) < 4.78 is 2.03. The Morgan fingerprint density at radius 2 is 2.00 bits per heavy atom. The molecule has 0 saturated carbocycles. The SMILES string of the molecule is Cc1ccc(NC(=O)c2cnc3c(ncn3CCC3CCNCC3)c2Cl)cc1. The Bertz CT molecular complexity index is 976. The number of hydrogen-bond donors (Lipinski definition) is 2. The number of nitrogens with one attached hydrogen (secondary N) is 2. The van der Waals surface area contributed by atoms with Crippen LogP contribution in [0, 0.1) is 12.8 Å². The van der Waals surface area contributed by atoms with E-state index in [-0.39, 0.29) is 5.91 Å². The summed E-state index contributed by atoms with van der Waals surface area (Å²) in [5, 5.41) is 6.60. The van der Waals surface area contributed by atoms with Crippen molar-refractivity contribution in [1.82, 2.24) is 19.9 Å². The first-order valence-corrected chi connectivity index (χ1v) is 10.1. The van der Waals surface area contributed by atoms with Crippen LogP contribution in [0.15, 0.2) is 36.8 Å². The van der Waals surface area contributed by atoms with Crippen LogP contribution in [-0.2, 0) is 6.54 Å². The molecule has 0 bridgehead atoms. The van der Waals surface area contributed by atoms with E-state index in [4.69, 9.17) is 11.6 Å². The predicted molar refractivity (Wildman–Crippen MR) is 112 cm³/mol. The average Bonchev–Trinajstić information content (AvgIpc) is 3.13. The van der Waals surface area contributed by atoms with Gasteiger partial charge in [-0.25, -0.2) is 9.97 Å². The molecule has 3 aromatic rings. The fourth-order valence-corrected chi connectivity index (χ4v) is 3.89. The number of amides is 1. The molecule has 1 aromatic carbocycles. The van der Waals surface area contributed by atoms with Crippen LogP contribution in [0.4, 0.5) is 5.69 Å². The third kappa shape index (κ3) is 4.03. The number of fused-ring (bicyclic) bond motifs is 1. The lowest BCUT2D eigenvalue weighted by Gasteiger charge is -2.22. The monoisotopic (exact) mass is 397 g/mol. The van der Waals surface area contributed by atoms with Crippen molar-refractivity contribution in [2.45, 2.75) is 32.7 Å². The molecular weight excluding hydrogens is 374 g/mol. The van der Waals surface area contributed by atoms with Crippen LogP contribution in [0.25, 0.3) is 11.2 Å². The molecule has 0 atom stereocenters. The Hall–Kier alpha value is -2.44. The molecule has 2 N–H and O–H groups in total. The van der Waals surface area contributed by atoms with Gasteiger partial charge in [0.25, 0.3) is 5.91 Å². The van der Waals surface area contributed by atoms with E-state index in [1.165, 1.54) is 19.0 Å². The number of rotatable bonds is 5. The molecule has 1 aliphatic rings. The Morgan fingerprint density at radius 3 is 2.75 bits per heavy atom. The number of hydrogen-bond acceptors (Lipinski definition) is 4. The minimum atomic E-state index is -0.285. The van der Waals surface area contributed by atoms with Gasteiger partial charge in [-0.05, 0) is 57.3 Å². The van der Waals surface area contributed by atoms with E-state index in [0.717, 1.165) is 48.9 Å². The highest BCUT2D eigenvalue weighted by molar-refractivity contribution is 6.38. The number of carbonyl (C=O) groups excluding carboxylic acids is 1. The van der Waals surface area contributed by atoms with Gasteiger partial charge in [0, 0.05) is 18.4 Å². The van der Waals surface area contributed by atoms with Crippen LogP contribution >= 0.6 is 11.6 Å². The van der Waals surface area contributed by atoms with Gasteiger partial charge in [0.05, 0.1) is 16.9 Å². The highest BCUT2D eigenvalue weighted by Crippen LogP contribution is 2.26. The van der Waals surface area contributed by atoms with E-state index in [1.807, 2.05) is 35.8 Å². The van der Waals surface area contributed by atoms with Crippen LogP contribution in [0.3, 0.4) is 0 Å². The van der Waals surface area contributed by atoms with Crippen molar-refractivity contribution in [3.05, 3.63) is 52.9 Å². The topological polar surface area (TPSA) is 71.8 Å². The summed E-state index contributed by atoms with van der Waals surface area (Å²) in [6.45, 7) is 5.05. The minimum absolute atomic E-state index is 0.285. The van der Waals surface area contributed by atoms with Crippen LogP contribution in [-0.4, -0.2) is 33.5 Å². The number of pyridine rings is 1. The van der Waals surface area contributed by atoms with Gasteiger partial charge >= 0.3 is 0 Å². The lowest BCUT2D eigenvalue weighted by molar-refractivity contribution is 0.102. The second kappa shape index (κ2) is 8.29. The molecule has 4 rings (SSSR count). The average molecular weight is 398 g/mol. The van der Waals surface area contributed by atoms with Crippen molar-refractivity contribution < 1.29 is 4.79 Å². The van der Waals surface area contributed by atoms with Crippen LogP contribution in [0.5, 0.6) is 0 Å². The molecule has 1 saturated heterocycles. The smallest absolute Gasteiger partial charge is 0.258 e. The summed E-state index contributed by atoms with van der Waals surface area (Å²) in [6.07, 6.45) is 6.83. The zero-order chi connectivity index (χ0) is 19.5. The minimum Gasteiger partial charge on any atom is -0.322 e. The van der Waals surface area contributed by atoms with E-state index < -0.39 is 0 Å². The third-order valence-corrected chi connectivity index (χ3v) is 5.74. The second-order valence-electron chi connectivity index (χ2n) is 7.40. The highest BCUT2D eigenvalue weighted by Gasteiger charge is 2.18. The molecule has 1 aliphatic heterocycles. The Labute approximate surface area is 169 Å². The normalized spacial score (nSPS) is 15.1. The number of aryl methyl sites for hydroxylation is 2. The zero-order valence-corrected chi connectivity index (χ0v) is 16.7. The second-order valence-corrected chi connectivity index (χ2v) is 7.78. The maximum atomic E-state index is 12.6. The molecule has 1 amide bonds. The van der Waals surface area contributed by atoms with Crippen molar-refractivity contribution in [3.63, 3.8) is 0 Å². The lowest BCUT2D eigenvalue weighted by atomic mass is 9.95. The number of anilines is 1. The van der Waals surface area contributed by atoms with E-state index >= 15 is 0 Å². The first kappa shape index (κ1) is 18.9. The number of carbonyl (C=O) groups is 1. The van der Waals surface area contributed by atoms with Crippen molar-refractivity contribution in [1.29, 1.82) is 0 Å². The van der Waals surface area contributed by atoms with Crippen molar-refractivity contribution in [2.75, 3.05) is 18.4 Å². The van der Waals surface area contributed by atoms with Crippen molar-refractivity contribution in [2.24, 2.45) is 5.92 Å². The van der Waals surface area contributed by atoms with Gasteiger partial charge in [-0.3, -0.25) is 4.79 Å². The molecule has 28 heavy (non-hydrogen) atoms. The summed E-state index contributed by atoms with van der Waals surface area (Å²) in [4.78, 5) is 21.5. The maximum Gasteiger partial charge on any atom is 0.258 e. The van der Waals surface area contributed by atoms with Gasteiger partial charge in [-0.15, -0.1) is 0 Å². The third-order valence-electron chi connectivity index (χ3n) is 5.36. The van der Waals surface area contributed by atoms with E-state index in [0.29, 0.717) is 16.1 Å². The summed E-state index contributed by atoms with van der Waals surface area (Å²) in [7, 11) is 0. The van der Waals surface area contributed by atoms with Gasteiger partial charge in [0.2, 0.25) is 0 Å². The quantitative estimate of drug-likeness (QED) is 0.681. The number of piperidine rings is 1. The molecule has 7 heteroatoms. The fourth-order valence-electron chi connectivity index (χ4n) is 3.63. The number of halogens is 1. The Balaban J connectivity index is 1.50. The van der Waals surface area contributed by atoms with E-state index in [1.54, 1.807) is 6.33 Å². The largest absolute Gasteiger partial charge is 0.322 e. The lowest BCUT2D eigenvalue weighted by Crippen LogP contribution is -2.28. The summed E-state index contributed by atoms with van der Waals surface area (Å²) in [5.41, 5.74) is 3.49. The van der Waals surface area contributed by atoms with E-state index in [2.05, 4.69) is 20.6 Å². The van der Waals surface area contributed by atoms with E-state index in [9.17, 15) is 4.79 Å². The van der Waals surface area contributed by atoms with Crippen molar-refractivity contribution in [3.8, 4) is 0 Å². The van der Waals surface area contributed by atoms with Gasteiger partial charge < -0.3 is 15.2 Å². The molecule has 146 valence electrons. The molecule has 0 spiro atoms. The Kier molecular flexibility index (Phi) is 5.59. The van der Waals surface area contributed by atoms with Gasteiger partial charge in [-0.2, -0.15) is 0 Å². The molecule has 0 radical (unpaired) electrons. The number of nitrogens with zero attached hydrogens (tertiary/aromatic N) is 3. The molecular formula is C21H24ClN5O. The summed E-state index contributed by atoms with van der Waals surface area (Å²) in [5.74, 6) is 0.446. The summed E-state index contributed by atoms with van der Waals surface area (Å²) >= 11 is 6.51. The van der Waals surface area contributed by atoms with Crippen LogP contribution < -0.4 is 10.6 Å². The standard InChI is InChI=1S/C21H24ClN5O/c1-14-2-4-16(5-3-14)26-21(28)17-12-24-20-19(18(17)22)25-13-27(20)11-8-15-6-9-23-10-7-15/h2-5,12-13,15,23H,6-11H2,1H3,(H,26,28). The van der Waals surface area contributed by atoms with Crippen molar-refractivity contribution >= 4 is 34.4 Å². The molecule has 0 unspecified atom stereocenters. The Morgan fingerprint density at radius 1 is 1.25 bits per heavy atom.